The van der Waals surface area contributed by atoms with Crippen LogP contribution in [0.1, 0.15) is 31.0 Å². The van der Waals surface area contributed by atoms with Crippen LogP contribution in [0, 0.1) is 0 Å². The summed E-state index contributed by atoms with van der Waals surface area (Å²) in [5.74, 6) is 0.775. The summed E-state index contributed by atoms with van der Waals surface area (Å²) in [6.07, 6.45) is 4.94. The second-order valence-corrected chi connectivity index (χ2v) is 6.34. The van der Waals surface area contributed by atoms with Crippen molar-refractivity contribution in [2.45, 2.75) is 37.6 Å². The van der Waals surface area contributed by atoms with Crippen molar-refractivity contribution in [1.29, 1.82) is 0 Å². The molecule has 7 heteroatoms. The summed E-state index contributed by atoms with van der Waals surface area (Å²) in [4.78, 5) is 8.43. The number of rotatable bonds is 6. The Labute approximate surface area is 144 Å². The fraction of sp³-hybridized carbons (Fsp3) is 0.389. The summed E-state index contributed by atoms with van der Waals surface area (Å²) in [5.41, 5.74) is 1.38. The van der Waals surface area contributed by atoms with Crippen molar-refractivity contribution in [3.63, 3.8) is 0 Å². The van der Waals surface area contributed by atoms with E-state index in [-0.39, 0.29) is 18.8 Å². The predicted molar refractivity (Wildman–Crippen MR) is 93.0 cm³/mol. The number of hydrogen-bond acceptors (Lipinski definition) is 5. The van der Waals surface area contributed by atoms with E-state index in [1.165, 1.54) is 6.33 Å². The topological polar surface area (TPSA) is 75.7 Å². The van der Waals surface area contributed by atoms with E-state index in [1.54, 1.807) is 18.3 Å². The molecule has 25 heavy (non-hydrogen) atoms. The van der Waals surface area contributed by atoms with Gasteiger partial charge >= 0.3 is 0 Å². The summed E-state index contributed by atoms with van der Waals surface area (Å²) in [7, 11) is 0. The van der Waals surface area contributed by atoms with Crippen LogP contribution >= 0.6 is 0 Å². The van der Waals surface area contributed by atoms with Gasteiger partial charge in [0, 0.05) is 6.04 Å². The molecule has 2 N–H and O–H groups in total. The summed E-state index contributed by atoms with van der Waals surface area (Å²) >= 11 is 0. The molecule has 3 aromatic rings. The van der Waals surface area contributed by atoms with Crippen molar-refractivity contribution in [3.8, 4) is 0 Å². The predicted octanol–water partition coefficient (Wildman–Crippen LogP) is 3.41. The van der Waals surface area contributed by atoms with E-state index in [0.717, 1.165) is 30.5 Å². The van der Waals surface area contributed by atoms with Crippen LogP contribution in [0.15, 0.2) is 42.9 Å². The molecule has 1 aliphatic rings. The zero-order chi connectivity index (χ0) is 17.1. The average Bonchev–Trinajstić information content (AvgIpc) is 3.30. The van der Waals surface area contributed by atoms with Crippen LogP contribution in [-0.4, -0.2) is 38.9 Å². The van der Waals surface area contributed by atoms with Crippen molar-refractivity contribution < 1.29 is 9.13 Å². The lowest BCUT2D eigenvalue weighted by Gasteiger charge is -2.16. The molecule has 0 bridgehead atoms. The van der Waals surface area contributed by atoms with Gasteiger partial charge in [-0.2, -0.15) is 5.10 Å². The molecule has 0 amide bonds. The number of nitrogens with zero attached hydrogens (tertiary/aromatic N) is 3. The minimum Gasteiger partial charge on any atom is -0.375 e. The van der Waals surface area contributed by atoms with Gasteiger partial charge in [0.05, 0.1) is 24.3 Å². The Morgan fingerprint density at radius 1 is 1.24 bits per heavy atom. The third kappa shape index (κ3) is 3.61. The van der Waals surface area contributed by atoms with Gasteiger partial charge in [-0.05, 0) is 24.8 Å². The Bertz CT molecular complexity index is 824. The van der Waals surface area contributed by atoms with Crippen LogP contribution in [0.5, 0.6) is 0 Å². The van der Waals surface area contributed by atoms with Gasteiger partial charge in [0.2, 0.25) is 0 Å². The second kappa shape index (κ2) is 7.14. The maximum Gasteiger partial charge on any atom is 0.160 e. The zero-order valence-corrected chi connectivity index (χ0v) is 13.7. The van der Waals surface area contributed by atoms with Gasteiger partial charge in [0.25, 0.3) is 0 Å². The number of aromatic nitrogens is 4. The van der Waals surface area contributed by atoms with Crippen LogP contribution in [0.3, 0.4) is 0 Å². The Kier molecular flexibility index (Phi) is 4.56. The van der Waals surface area contributed by atoms with Crippen molar-refractivity contribution in [3.05, 3.63) is 48.4 Å². The molecule has 0 radical (unpaired) electrons. The monoisotopic (exact) mass is 341 g/mol. The van der Waals surface area contributed by atoms with Gasteiger partial charge in [-0.1, -0.05) is 30.3 Å². The summed E-state index contributed by atoms with van der Waals surface area (Å²) in [5, 5.41) is 11.1. The molecule has 0 unspecified atom stereocenters. The quantitative estimate of drug-likeness (QED) is 0.718. The number of halogens is 1. The lowest BCUT2D eigenvalue weighted by molar-refractivity contribution is 0.0217. The number of anilines is 1. The standard InChI is InChI=1S/C18H20FN5O/c19-16(12-4-2-1-3-5-12)10-25-14-7-6-13(8-14)23-17-15-9-22-24-18(15)21-11-20-17/h1-5,9,11,13-14,16H,6-8,10H2,(H2,20,21,22,23,24)/t13-,14-,16+/m0/s1. The summed E-state index contributed by atoms with van der Waals surface area (Å²) in [6, 6.07) is 9.41. The molecule has 2 heterocycles. The third-order valence-corrected chi connectivity index (χ3v) is 4.61. The number of hydrogen-bond donors (Lipinski definition) is 2. The maximum atomic E-state index is 14.2. The molecule has 130 valence electrons. The number of nitrogens with one attached hydrogen (secondary N) is 2. The Morgan fingerprint density at radius 2 is 2.12 bits per heavy atom. The summed E-state index contributed by atoms with van der Waals surface area (Å²) in [6.45, 7) is 0.0981. The van der Waals surface area contributed by atoms with Crippen molar-refractivity contribution >= 4 is 16.9 Å². The lowest BCUT2D eigenvalue weighted by Crippen LogP contribution is -2.19. The zero-order valence-electron chi connectivity index (χ0n) is 13.7. The molecule has 0 spiro atoms. The Hall–Kier alpha value is -2.54. The van der Waals surface area contributed by atoms with Crippen LogP contribution < -0.4 is 5.32 Å². The van der Waals surface area contributed by atoms with Crippen molar-refractivity contribution in [2.75, 3.05) is 11.9 Å². The lowest BCUT2D eigenvalue weighted by atomic mass is 10.1. The number of H-pyrrole nitrogens is 1. The molecular formula is C18H20FN5O. The largest absolute Gasteiger partial charge is 0.375 e. The molecular weight excluding hydrogens is 321 g/mol. The highest BCUT2D eigenvalue weighted by Gasteiger charge is 2.27. The SMILES string of the molecule is F[C@H](CO[C@H]1CC[C@H](Nc2ncnc3[nH]ncc23)C1)c1ccccc1. The van der Waals surface area contributed by atoms with Crippen LogP contribution in [0.25, 0.3) is 11.0 Å². The smallest absolute Gasteiger partial charge is 0.160 e. The molecule has 1 aromatic carbocycles. The van der Waals surface area contributed by atoms with Crippen molar-refractivity contribution in [2.24, 2.45) is 0 Å². The fourth-order valence-electron chi connectivity index (χ4n) is 3.27. The van der Waals surface area contributed by atoms with E-state index in [1.807, 2.05) is 18.2 Å². The van der Waals surface area contributed by atoms with Gasteiger partial charge < -0.3 is 10.1 Å². The van der Waals surface area contributed by atoms with E-state index in [2.05, 4.69) is 25.5 Å². The molecule has 0 saturated heterocycles. The van der Waals surface area contributed by atoms with Crippen molar-refractivity contribution in [1.82, 2.24) is 20.2 Å². The second-order valence-electron chi connectivity index (χ2n) is 6.34. The molecule has 3 atom stereocenters. The van der Waals surface area contributed by atoms with Gasteiger partial charge in [0.1, 0.15) is 18.3 Å². The van der Waals surface area contributed by atoms with E-state index in [0.29, 0.717) is 11.2 Å². The van der Waals surface area contributed by atoms with E-state index in [4.69, 9.17) is 4.74 Å². The fourth-order valence-corrected chi connectivity index (χ4v) is 3.27. The number of ether oxygens (including phenoxy) is 1. The molecule has 1 aliphatic carbocycles. The molecule has 1 saturated carbocycles. The minimum absolute atomic E-state index is 0.0705. The Balaban J connectivity index is 1.30. The average molecular weight is 341 g/mol. The van der Waals surface area contributed by atoms with Crippen LogP contribution in [-0.2, 0) is 4.74 Å². The van der Waals surface area contributed by atoms with Crippen LogP contribution in [0.4, 0.5) is 10.2 Å². The third-order valence-electron chi connectivity index (χ3n) is 4.61. The number of fused-ring (bicyclic) bond motifs is 1. The van der Waals surface area contributed by atoms with Gasteiger partial charge in [-0.25, -0.2) is 14.4 Å². The first kappa shape index (κ1) is 16.0. The summed E-state index contributed by atoms with van der Waals surface area (Å²) < 4.78 is 20.0. The molecule has 2 aromatic heterocycles. The van der Waals surface area contributed by atoms with Gasteiger partial charge in [0.15, 0.2) is 5.65 Å². The Morgan fingerprint density at radius 3 is 3.00 bits per heavy atom. The maximum absolute atomic E-state index is 14.2. The highest BCUT2D eigenvalue weighted by molar-refractivity contribution is 5.85. The number of aromatic amines is 1. The highest BCUT2D eigenvalue weighted by atomic mass is 19.1. The minimum atomic E-state index is -1.08. The van der Waals surface area contributed by atoms with E-state index < -0.39 is 6.17 Å². The first-order valence-electron chi connectivity index (χ1n) is 8.51. The van der Waals surface area contributed by atoms with Crippen LogP contribution in [0.2, 0.25) is 0 Å². The molecule has 6 nitrogen and oxygen atoms in total. The first-order valence-corrected chi connectivity index (χ1v) is 8.51. The van der Waals surface area contributed by atoms with Gasteiger partial charge in [-0.3, -0.25) is 5.10 Å². The number of alkyl halides is 1. The van der Waals surface area contributed by atoms with Gasteiger partial charge in [-0.15, -0.1) is 0 Å². The molecule has 4 rings (SSSR count). The number of benzene rings is 1. The highest BCUT2D eigenvalue weighted by Crippen LogP contribution is 2.28. The normalized spacial score (nSPS) is 21.5. The van der Waals surface area contributed by atoms with E-state index in [9.17, 15) is 4.39 Å². The first-order chi connectivity index (χ1) is 12.3. The molecule has 0 aliphatic heterocycles. The van der Waals surface area contributed by atoms with E-state index >= 15 is 0 Å². The molecule has 1 fully saturated rings.